The van der Waals surface area contributed by atoms with Gasteiger partial charge in [-0.15, -0.1) is 0 Å². The molecule has 7 nitrogen and oxygen atoms in total. The van der Waals surface area contributed by atoms with Gasteiger partial charge in [-0.2, -0.15) is 18.3 Å². The Hall–Kier alpha value is -3.93. The van der Waals surface area contributed by atoms with Crippen LogP contribution in [0.5, 0.6) is 0 Å². The van der Waals surface area contributed by atoms with Crippen LogP contribution in [0.3, 0.4) is 0 Å². The van der Waals surface area contributed by atoms with Crippen molar-refractivity contribution in [3.8, 4) is 22.4 Å². The highest BCUT2D eigenvalue weighted by atomic mass is 32.2. The summed E-state index contributed by atoms with van der Waals surface area (Å²) in [5.74, 6) is -0.576. The van der Waals surface area contributed by atoms with Gasteiger partial charge in [0.1, 0.15) is 11.5 Å². The molecular formula is C21H13F4N3O4S. The Balaban J connectivity index is 1.92. The number of carboxylic acid groups (broad SMARTS) is 1. The van der Waals surface area contributed by atoms with Gasteiger partial charge in [0.25, 0.3) is 10.0 Å². The molecule has 0 atom stereocenters. The SMILES string of the molecule is O=C(O)NS(=O)(=O)c1ccc(-c2c(-c3cccc(F)c3)nn3cc(C(F)(F)F)ccc23)cc1. The van der Waals surface area contributed by atoms with Crippen LogP contribution in [0.1, 0.15) is 5.56 Å². The molecule has 0 saturated heterocycles. The van der Waals surface area contributed by atoms with E-state index in [1.54, 1.807) is 0 Å². The fourth-order valence-corrected chi connectivity index (χ4v) is 4.16. The molecular weight excluding hydrogens is 466 g/mol. The smallest absolute Gasteiger partial charge is 0.418 e. The van der Waals surface area contributed by atoms with Crippen LogP contribution in [0.25, 0.3) is 27.9 Å². The number of pyridine rings is 1. The second-order valence-electron chi connectivity index (χ2n) is 6.91. The Kier molecular flexibility index (Phi) is 5.32. The number of halogens is 4. The van der Waals surface area contributed by atoms with Crippen molar-refractivity contribution in [3.63, 3.8) is 0 Å². The molecule has 2 heterocycles. The molecule has 12 heteroatoms. The van der Waals surface area contributed by atoms with E-state index in [9.17, 15) is 30.8 Å². The van der Waals surface area contributed by atoms with Crippen LogP contribution in [-0.4, -0.2) is 29.2 Å². The third kappa shape index (κ3) is 4.37. The first kappa shape index (κ1) is 22.3. The molecule has 0 aliphatic heterocycles. The third-order valence-electron chi connectivity index (χ3n) is 4.73. The zero-order valence-corrected chi connectivity index (χ0v) is 17.2. The van der Waals surface area contributed by atoms with Crippen molar-refractivity contribution in [3.05, 3.63) is 78.2 Å². The standard InChI is InChI=1S/C21H13F4N3O4S/c22-15-3-1-2-13(10-15)19-18(17-9-6-14(21(23,24)25)11-28(17)26-19)12-4-7-16(8-5-12)33(31,32)27-20(29)30/h1-11,27H,(H,29,30). The fourth-order valence-electron chi connectivity index (χ4n) is 3.31. The lowest BCUT2D eigenvalue weighted by molar-refractivity contribution is -0.137. The molecule has 2 N–H and O–H groups in total. The van der Waals surface area contributed by atoms with Crippen LogP contribution in [0.15, 0.2) is 71.8 Å². The maximum absolute atomic E-state index is 13.8. The lowest BCUT2D eigenvalue weighted by Gasteiger charge is -2.08. The maximum Gasteiger partial charge on any atom is 0.418 e. The predicted octanol–water partition coefficient (Wildman–Crippen LogP) is 4.78. The molecule has 0 spiro atoms. The first-order chi connectivity index (χ1) is 15.5. The van der Waals surface area contributed by atoms with Gasteiger partial charge in [-0.05, 0) is 42.0 Å². The summed E-state index contributed by atoms with van der Waals surface area (Å²) in [4.78, 5) is 10.4. The van der Waals surface area contributed by atoms with E-state index in [1.165, 1.54) is 47.2 Å². The summed E-state index contributed by atoms with van der Waals surface area (Å²) in [7, 11) is -4.32. The third-order valence-corrected chi connectivity index (χ3v) is 6.07. The molecule has 0 saturated carbocycles. The van der Waals surface area contributed by atoms with Crippen LogP contribution in [-0.2, 0) is 16.2 Å². The summed E-state index contributed by atoms with van der Waals surface area (Å²) in [5, 5.41) is 12.9. The molecule has 4 aromatic rings. The van der Waals surface area contributed by atoms with Crippen molar-refractivity contribution in [2.75, 3.05) is 0 Å². The Morgan fingerprint density at radius 2 is 1.70 bits per heavy atom. The van der Waals surface area contributed by atoms with E-state index in [2.05, 4.69) is 5.10 Å². The second kappa shape index (κ2) is 7.89. The van der Waals surface area contributed by atoms with Gasteiger partial charge in [-0.3, -0.25) is 0 Å². The number of hydrogen-bond acceptors (Lipinski definition) is 4. The predicted molar refractivity (Wildman–Crippen MR) is 109 cm³/mol. The van der Waals surface area contributed by atoms with Crippen molar-refractivity contribution >= 4 is 21.6 Å². The van der Waals surface area contributed by atoms with Crippen LogP contribution < -0.4 is 4.72 Å². The molecule has 0 radical (unpaired) electrons. The van der Waals surface area contributed by atoms with Crippen molar-refractivity contribution in [2.24, 2.45) is 0 Å². The molecule has 0 aliphatic carbocycles. The van der Waals surface area contributed by atoms with Crippen LogP contribution >= 0.6 is 0 Å². The van der Waals surface area contributed by atoms with E-state index in [0.717, 1.165) is 28.9 Å². The topological polar surface area (TPSA) is 101 Å². The van der Waals surface area contributed by atoms with E-state index in [4.69, 9.17) is 5.11 Å². The summed E-state index contributed by atoms with van der Waals surface area (Å²) in [5.41, 5.74) is 0.514. The Bertz CT molecular complexity index is 1480. The second-order valence-corrected chi connectivity index (χ2v) is 8.60. The monoisotopic (exact) mass is 479 g/mol. The zero-order valence-electron chi connectivity index (χ0n) is 16.3. The highest BCUT2D eigenvalue weighted by molar-refractivity contribution is 7.90. The van der Waals surface area contributed by atoms with E-state index in [0.29, 0.717) is 16.7 Å². The molecule has 0 aliphatic rings. The summed E-state index contributed by atoms with van der Waals surface area (Å²) >= 11 is 0. The van der Waals surface area contributed by atoms with E-state index < -0.39 is 33.7 Å². The largest absolute Gasteiger partial charge is 0.464 e. The first-order valence-electron chi connectivity index (χ1n) is 9.17. The highest BCUT2D eigenvalue weighted by Crippen LogP contribution is 2.37. The minimum atomic E-state index is -4.60. The number of carbonyl (C=O) groups is 1. The molecule has 2 aromatic carbocycles. The van der Waals surface area contributed by atoms with E-state index >= 15 is 0 Å². The summed E-state index contributed by atoms with van der Waals surface area (Å²) < 4.78 is 79.9. The number of amides is 1. The molecule has 1 amide bonds. The van der Waals surface area contributed by atoms with Crippen molar-refractivity contribution in [1.82, 2.24) is 14.3 Å². The van der Waals surface area contributed by atoms with Crippen LogP contribution in [0.2, 0.25) is 0 Å². The number of alkyl halides is 3. The Morgan fingerprint density at radius 3 is 2.30 bits per heavy atom. The Morgan fingerprint density at radius 1 is 1.00 bits per heavy atom. The minimum Gasteiger partial charge on any atom is -0.464 e. The van der Waals surface area contributed by atoms with Gasteiger partial charge in [0, 0.05) is 17.3 Å². The van der Waals surface area contributed by atoms with Crippen molar-refractivity contribution < 1.29 is 35.9 Å². The molecule has 2 aromatic heterocycles. The van der Waals surface area contributed by atoms with Crippen LogP contribution in [0.4, 0.5) is 22.4 Å². The lowest BCUT2D eigenvalue weighted by atomic mass is 9.99. The average molecular weight is 479 g/mol. The minimum absolute atomic E-state index is 0.174. The average Bonchev–Trinajstić information content (AvgIpc) is 3.11. The van der Waals surface area contributed by atoms with Crippen molar-refractivity contribution in [1.29, 1.82) is 0 Å². The first-order valence-corrected chi connectivity index (χ1v) is 10.7. The van der Waals surface area contributed by atoms with Gasteiger partial charge in [-0.25, -0.2) is 26.8 Å². The number of sulfonamides is 1. The summed E-state index contributed by atoms with van der Waals surface area (Å²) in [6.07, 6.45) is -5.56. The molecule has 0 unspecified atom stereocenters. The summed E-state index contributed by atoms with van der Waals surface area (Å²) in [6, 6.07) is 12.4. The number of rotatable bonds is 4. The number of nitrogens with one attached hydrogen (secondary N) is 1. The Labute approximate surface area is 184 Å². The molecule has 0 fully saturated rings. The molecule has 33 heavy (non-hydrogen) atoms. The van der Waals surface area contributed by atoms with Gasteiger partial charge in [-0.1, -0.05) is 24.3 Å². The number of nitrogens with zero attached hydrogens (tertiary/aromatic N) is 2. The van der Waals surface area contributed by atoms with Gasteiger partial charge < -0.3 is 5.11 Å². The fraction of sp³-hybridized carbons (Fsp3) is 0.0476. The van der Waals surface area contributed by atoms with Gasteiger partial charge >= 0.3 is 12.3 Å². The van der Waals surface area contributed by atoms with Crippen molar-refractivity contribution in [2.45, 2.75) is 11.1 Å². The number of benzene rings is 2. The van der Waals surface area contributed by atoms with Gasteiger partial charge in [0.15, 0.2) is 0 Å². The lowest BCUT2D eigenvalue weighted by Crippen LogP contribution is -2.28. The molecule has 170 valence electrons. The highest BCUT2D eigenvalue weighted by Gasteiger charge is 2.31. The maximum atomic E-state index is 13.8. The quantitative estimate of drug-likeness (QED) is 0.410. The normalized spacial score (nSPS) is 12.1. The van der Waals surface area contributed by atoms with Gasteiger partial charge in [0.2, 0.25) is 0 Å². The molecule has 0 bridgehead atoms. The van der Waals surface area contributed by atoms with Gasteiger partial charge in [0.05, 0.1) is 16.0 Å². The number of hydrogen-bond donors (Lipinski definition) is 2. The van der Waals surface area contributed by atoms with Crippen LogP contribution in [0, 0.1) is 5.82 Å². The number of aromatic nitrogens is 2. The summed E-state index contributed by atoms with van der Waals surface area (Å²) in [6.45, 7) is 0. The number of fused-ring (bicyclic) bond motifs is 1. The van der Waals surface area contributed by atoms with E-state index in [1.807, 2.05) is 0 Å². The molecule has 4 rings (SSSR count). The zero-order chi connectivity index (χ0) is 24.0. The van der Waals surface area contributed by atoms with E-state index in [-0.39, 0.29) is 16.1 Å².